The van der Waals surface area contributed by atoms with Crippen molar-refractivity contribution >= 4 is 21.4 Å². The number of amides is 1. The highest BCUT2D eigenvalue weighted by Crippen LogP contribution is 2.23. The SMILES string of the molecule is CCCCCS(=O)(=O)CC(=O)Nc1ccc(Oc2cccc(C)c2)cc1. The van der Waals surface area contributed by atoms with Crippen molar-refractivity contribution < 1.29 is 17.9 Å². The van der Waals surface area contributed by atoms with E-state index in [0.717, 1.165) is 24.2 Å². The van der Waals surface area contributed by atoms with Gasteiger partial charge in [0.05, 0.1) is 5.75 Å². The molecule has 140 valence electrons. The molecule has 0 aliphatic rings. The number of hydrogen-bond donors (Lipinski definition) is 1. The van der Waals surface area contributed by atoms with E-state index in [1.165, 1.54) is 0 Å². The number of anilines is 1. The Morgan fingerprint density at radius 3 is 2.42 bits per heavy atom. The van der Waals surface area contributed by atoms with Crippen molar-refractivity contribution in [1.82, 2.24) is 0 Å². The average Bonchev–Trinajstić information content (AvgIpc) is 2.56. The van der Waals surface area contributed by atoms with Crippen LogP contribution in [0.1, 0.15) is 31.7 Å². The lowest BCUT2D eigenvalue weighted by Crippen LogP contribution is -2.24. The first-order valence-corrected chi connectivity index (χ1v) is 10.5. The van der Waals surface area contributed by atoms with Gasteiger partial charge in [0, 0.05) is 5.69 Å². The van der Waals surface area contributed by atoms with Crippen molar-refractivity contribution in [2.24, 2.45) is 0 Å². The molecule has 2 aromatic rings. The number of nitrogens with one attached hydrogen (secondary N) is 1. The van der Waals surface area contributed by atoms with Gasteiger partial charge in [-0.3, -0.25) is 4.79 Å². The molecule has 1 N–H and O–H groups in total. The lowest BCUT2D eigenvalue weighted by atomic mass is 10.2. The molecular weight excluding hydrogens is 350 g/mol. The third kappa shape index (κ3) is 6.88. The van der Waals surface area contributed by atoms with Crippen LogP contribution >= 0.6 is 0 Å². The monoisotopic (exact) mass is 375 g/mol. The molecule has 2 aromatic carbocycles. The molecule has 6 heteroatoms. The van der Waals surface area contributed by atoms with Crippen LogP contribution in [0.3, 0.4) is 0 Å². The van der Waals surface area contributed by atoms with Crippen molar-refractivity contribution in [2.45, 2.75) is 33.1 Å². The van der Waals surface area contributed by atoms with Gasteiger partial charge >= 0.3 is 0 Å². The van der Waals surface area contributed by atoms with E-state index < -0.39 is 21.5 Å². The molecule has 0 aromatic heterocycles. The maximum Gasteiger partial charge on any atom is 0.239 e. The molecule has 0 saturated carbocycles. The van der Waals surface area contributed by atoms with Crippen molar-refractivity contribution in [3.63, 3.8) is 0 Å². The minimum atomic E-state index is -3.36. The van der Waals surface area contributed by atoms with Crippen LogP contribution in [0.25, 0.3) is 0 Å². The van der Waals surface area contributed by atoms with Gasteiger partial charge < -0.3 is 10.1 Å². The molecule has 0 atom stereocenters. The van der Waals surface area contributed by atoms with Gasteiger partial charge in [-0.2, -0.15) is 0 Å². The summed E-state index contributed by atoms with van der Waals surface area (Å²) >= 11 is 0. The van der Waals surface area contributed by atoms with Gasteiger partial charge in [0.1, 0.15) is 17.3 Å². The third-order valence-corrected chi connectivity index (χ3v) is 5.39. The van der Waals surface area contributed by atoms with Crippen molar-refractivity contribution in [3.05, 3.63) is 54.1 Å². The second-order valence-electron chi connectivity index (χ2n) is 6.29. The maximum absolute atomic E-state index is 12.0. The largest absolute Gasteiger partial charge is 0.457 e. The number of hydrogen-bond acceptors (Lipinski definition) is 4. The Morgan fingerprint density at radius 2 is 1.77 bits per heavy atom. The van der Waals surface area contributed by atoms with Gasteiger partial charge in [-0.15, -0.1) is 0 Å². The fourth-order valence-corrected chi connectivity index (χ4v) is 3.72. The standard InChI is InChI=1S/C20H25NO4S/c1-3-4-5-13-26(23,24)15-20(22)21-17-9-11-18(12-10-17)25-19-8-6-7-16(2)14-19/h6-12,14H,3-5,13,15H2,1-2H3,(H,21,22). The molecule has 0 aliphatic heterocycles. The predicted octanol–water partition coefficient (Wildman–Crippen LogP) is 4.33. The average molecular weight is 375 g/mol. The highest BCUT2D eigenvalue weighted by Gasteiger charge is 2.16. The first-order chi connectivity index (χ1) is 12.4. The van der Waals surface area contributed by atoms with Crippen LogP contribution in [-0.4, -0.2) is 25.8 Å². The Labute approximate surface area is 155 Å². The second-order valence-corrected chi connectivity index (χ2v) is 8.47. The summed E-state index contributed by atoms with van der Waals surface area (Å²) in [7, 11) is -3.36. The van der Waals surface area contributed by atoms with Gasteiger partial charge in [0.15, 0.2) is 9.84 Å². The summed E-state index contributed by atoms with van der Waals surface area (Å²) in [6, 6.07) is 14.5. The minimum absolute atomic E-state index is 0.0531. The van der Waals surface area contributed by atoms with E-state index in [0.29, 0.717) is 17.9 Å². The van der Waals surface area contributed by atoms with Crippen LogP contribution in [-0.2, 0) is 14.6 Å². The van der Waals surface area contributed by atoms with Gasteiger partial charge in [-0.1, -0.05) is 31.9 Å². The fraction of sp³-hybridized carbons (Fsp3) is 0.350. The van der Waals surface area contributed by atoms with Crippen molar-refractivity contribution in [2.75, 3.05) is 16.8 Å². The quantitative estimate of drug-likeness (QED) is 0.662. The van der Waals surface area contributed by atoms with Crippen LogP contribution in [0, 0.1) is 6.92 Å². The van der Waals surface area contributed by atoms with E-state index in [2.05, 4.69) is 5.32 Å². The summed E-state index contributed by atoms with van der Waals surface area (Å²) in [5.74, 6) is 0.421. The molecule has 0 fully saturated rings. The van der Waals surface area contributed by atoms with Crippen LogP contribution in [0.5, 0.6) is 11.5 Å². The molecule has 0 saturated heterocycles. The smallest absolute Gasteiger partial charge is 0.239 e. The Hall–Kier alpha value is -2.34. The van der Waals surface area contributed by atoms with Crippen LogP contribution < -0.4 is 10.1 Å². The lowest BCUT2D eigenvalue weighted by molar-refractivity contribution is -0.113. The van der Waals surface area contributed by atoms with E-state index in [1.54, 1.807) is 24.3 Å². The lowest BCUT2D eigenvalue weighted by Gasteiger charge is -2.09. The zero-order chi connectivity index (χ0) is 19.0. The Balaban J connectivity index is 1.89. The highest BCUT2D eigenvalue weighted by molar-refractivity contribution is 7.92. The Morgan fingerprint density at radius 1 is 1.04 bits per heavy atom. The fourth-order valence-electron chi connectivity index (χ4n) is 2.46. The minimum Gasteiger partial charge on any atom is -0.457 e. The van der Waals surface area contributed by atoms with E-state index in [-0.39, 0.29) is 5.75 Å². The number of ether oxygens (including phenoxy) is 1. The second kappa shape index (κ2) is 9.38. The summed E-state index contributed by atoms with van der Waals surface area (Å²) in [6.07, 6.45) is 2.39. The van der Waals surface area contributed by atoms with Gasteiger partial charge in [0.2, 0.25) is 5.91 Å². The zero-order valence-corrected chi connectivity index (χ0v) is 16.0. The van der Waals surface area contributed by atoms with Gasteiger partial charge in [0.25, 0.3) is 0 Å². The summed E-state index contributed by atoms with van der Waals surface area (Å²) < 4.78 is 29.6. The normalized spacial score (nSPS) is 11.2. The molecule has 0 unspecified atom stereocenters. The summed E-state index contributed by atoms with van der Waals surface area (Å²) in [5, 5.41) is 2.61. The molecule has 0 aliphatic carbocycles. The van der Waals surface area contributed by atoms with Gasteiger partial charge in [-0.05, 0) is 55.3 Å². The Kier molecular flexibility index (Phi) is 7.21. The predicted molar refractivity (Wildman–Crippen MR) is 105 cm³/mol. The number of carbonyl (C=O) groups is 1. The number of benzene rings is 2. The molecule has 0 heterocycles. The molecular formula is C20H25NO4S. The first-order valence-electron chi connectivity index (χ1n) is 8.73. The van der Waals surface area contributed by atoms with Crippen LogP contribution in [0.2, 0.25) is 0 Å². The molecule has 26 heavy (non-hydrogen) atoms. The molecule has 5 nitrogen and oxygen atoms in total. The number of rotatable bonds is 9. The molecule has 2 rings (SSSR count). The van der Waals surface area contributed by atoms with E-state index in [4.69, 9.17) is 4.74 Å². The van der Waals surface area contributed by atoms with E-state index in [1.807, 2.05) is 38.1 Å². The zero-order valence-electron chi connectivity index (χ0n) is 15.2. The molecule has 1 amide bonds. The Bertz CT molecular complexity index is 829. The summed E-state index contributed by atoms with van der Waals surface area (Å²) in [6.45, 7) is 3.99. The maximum atomic E-state index is 12.0. The van der Waals surface area contributed by atoms with Crippen LogP contribution in [0.15, 0.2) is 48.5 Å². The van der Waals surface area contributed by atoms with Crippen molar-refractivity contribution in [1.29, 1.82) is 0 Å². The van der Waals surface area contributed by atoms with Crippen molar-refractivity contribution in [3.8, 4) is 11.5 Å². The summed E-state index contributed by atoms with van der Waals surface area (Å²) in [5.41, 5.74) is 1.64. The van der Waals surface area contributed by atoms with Crippen LogP contribution in [0.4, 0.5) is 5.69 Å². The summed E-state index contributed by atoms with van der Waals surface area (Å²) in [4.78, 5) is 12.0. The number of unbranched alkanes of at least 4 members (excludes halogenated alkanes) is 2. The van der Waals surface area contributed by atoms with E-state index in [9.17, 15) is 13.2 Å². The van der Waals surface area contributed by atoms with E-state index >= 15 is 0 Å². The number of sulfone groups is 1. The molecule has 0 radical (unpaired) electrons. The third-order valence-electron chi connectivity index (χ3n) is 3.77. The number of carbonyl (C=O) groups excluding carboxylic acids is 1. The first kappa shape index (κ1) is 20.0. The molecule has 0 spiro atoms. The van der Waals surface area contributed by atoms with Gasteiger partial charge in [-0.25, -0.2) is 8.42 Å². The number of aryl methyl sites for hydroxylation is 1. The molecule has 0 bridgehead atoms. The topological polar surface area (TPSA) is 72.5 Å². The highest BCUT2D eigenvalue weighted by atomic mass is 32.2.